The van der Waals surface area contributed by atoms with Gasteiger partial charge in [0.05, 0.1) is 4.92 Å². The molecule has 0 aliphatic heterocycles. The fourth-order valence-corrected chi connectivity index (χ4v) is 1.37. The molecule has 2 N–H and O–H groups in total. The third-order valence-electron chi connectivity index (χ3n) is 2.21. The van der Waals surface area contributed by atoms with E-state index in [0.717, 1.165) is 24.9 Å². The summed E-state index contributed by atoms with van der Waals surface area (Å²) in [6.07, 6.45) is 1.69. The van der Waals surface area contributed by atoms with Crippen LogP contribution in [0.3, 0.4) is 0 Å². The van der Waals surface area contributed by atoms with Gasteiger partial charge in [-0.3, -0.25) is 10.1 Å². The van der Waals surface area contributed by atoms with Crippen LogP contribution in [0.15, 0.2) is 24.3 Å². The summed E-state index contributed by atoms with van der Waals surface area (Å²) in [7, 11) is 0. The molecule has 5 heteroatoms. The first-order valence-electron chi connectivity index (χ1n) is 5.29. The number of nitrogens with zero attached hydrogens (tertiary/aromatic N) is 1. The highest BCUT2D eigenvalue weighted by Crippen LogP contribution is 2.12. The topological polar surface area (TPSA) is 75.4 Å². The molecule has 0 saturated carbocycles. The fourth-order valence-electron chi connectivity index (χ4n) is 1.37. The Morgan fingerprint density at radius 1 is 1.38 bits per heavy atom. The van der Waals surface area contributed by atoms with E-state index in [-0.39, 0.29) is 12.3 Å². The zero-order chi connectivity index (χ0) is 11.8. The number of aliphatic hydroxyl groups excluding tert-OH is 1. The second-order valence-electron chi connectivity index (χ2n) is 3.53. The van der Waals surface area contributed by atoms with Crippen molar-refractivity contribution in [3.05, 3.63) is 39.9 Å². The number of hydrogen-bond acceptors (Lipinski definition) is 4. The van der Waals surface area contributed by atoms with Gasteiger partial charge >= 0.3 is 0 Å². The Kier molecular flexibility index (Phi) is 5.45. The zero-order valence-corrected chi connectivity index (χ0v) is 9.06. The lowest BCUT2D eigenvalue weighted by Gasteiger charge is -2.03. The molecule has 0 radical (unpaired) electrons. The molecule has 0 saturated heterocycles. The van der Waals surface area contributed by atoms with Crippen molar-refractivity contribution in [2.24, 2.45) is 0 Å². The van der Waals surface area contributed by atoms with Gasteiger partial charge in [0.2, 0.25) is 0 Å². The van der Waals surface area contributed by atoms with Gasteiger partial charge in [0, 0.05) is 25.3 Å². The van der Waals surface area contributed by atoms with Gasteiger partial charge in [-0.2, -0.15) is 0 Å². The highest BCUT2D eigenvalue weighted by molar-refractivity contribution is 5.34. The van der Waals surface area contributed by atoms with E-state index < -0.39 is 4.92 Å². The Morgan fingerprint density at radius 3 is 2.88 bits per heavy atom. The number of nitro benzene ring substituents is 1. The molecule has 0 spiro atoms. The fraction of sp³-hybridized carbons (Fsp3) is 0.455. The van der Waals surface area contributed by atoms with Crippen LogP contribution in [-0.2, 0) is 6.54 Å². The number of aliphatic hydroxyl groups is 1. The van der Waals surface area contributed by atoms with Crippen molar-refractivity contribution in [3.63, 3.8) is 0 Å². The molecule has 16 heavy (non-hydrogen) atoms. The lowest BCUT2D eigenvalue weighted by molar-refractivity contribution is -0.384. The van der Waals surface area contributed by atoms with E-state index in [1.54, 1.807) is 12.1 Å². The SMILES string of the molecule is O=[N+]([O-])c1cccc(CNCCCCO)c1. The van der Waals surface area contributed by atoms with E-state index in [1.807, 2.05) is 6.07 Å². The first-order valence-corrected chi connectivity index (χ1v) is 5.29. The number of hydrogen-bond donors (Lipinski definition) is 2. The predicted octanol–water partition coefficient (Wildman–Crippen LogP) is 1.46. The monoisotopic (exact) mass is 224 g/mol. The minimum Gasteiger partial charge on any atom is -0.396 e. The van der Waals surface area contributed by atoms with Gasteiger partial charge in [0.15, 0.2) is 0 Å². The maximum Gasteiger partial charge on any atom is 0.269 e. The van der Waals surface area contributed by atoms with Crippen LogP contribution in [0.2, 0.25) is 0 Å². The minimum absolute atomic E-state index is 0.120. The molecule has 88 valence electrons. The molecule has 0 bridgehead atoms. The number of nitrogens with one attached hydrogen (secondary N) is 1. The van der Waals surface area contributed by atoms with E-state index in [0.29, 0.717) is 6.54 Å². The van der Waals surface area contributed by atoms with E-state index >= 15 is 0 Å². The summed E-state index contributed by atoms with van der Waals surface area (Å²) in [6.45, 7) is 1.63. The highest BCUT2D eigenvalue weighted by Gasteiger charge is 2.04. The number of unbranched alkanes of at least 4 members (excludes halogenated alkanes) is 1. The third-order valence-corrected chi connectivity index (χ3v) is 2.21. The number of non-ortho nitro benzene ring substituents is 1. The summed E-state index contributed by atoms with van der Waals surface area (Å²) < 4.78 is 0. The van der Waals surface area contributed by atoms with Crippen LogP contribution in [0.25, 0.3) is 0 Å². The second-order valence-corrected chi connectivity index (χ2v) is 3.53. The summed E-state index contributed by atoms with van der Waals surface area (Å²) in [6, 6.07) is 6.59. The summed E-state index contributed by atoms with van der Waals surface area (Å²) in [5, 5.41) is 22.3. The molecule has 1 aromatic carbocycles. The summed E-state index contributed by atoms with van der Waals surface area (Å²) in [5.41, 5.74) is 1.02. The van der Waals surface area contributed by atoms with Crippen LogP contribution < -0.4 is 5.32 Å². The summed E-state index contributed by atoms with van der Waals surface area (Å²) >= 11 is 0. The van der Waals surface area contributed by atoms with Crippen LogP contribution in [0.1, 0.15) is 18.4 Å². The number of nitro groups is 1. The van der Waals surface area contributed by atoms with Crippen molar-refractivity contribution in [3.8, 4) is 0 Å². The molecule has 5 nitrogen and oxygen atoms in total. The van der Waals surface area contributed by atoms with Gasteiger partial charge in [0.25, 0.3) is 5.69 Å². The summed E-state index contributed by atoms with van der Waals surface area (Å²) in [5.74, 6) is 0. The Balaban J connectivity index is 2.36. The molecule has 1 aromatic rings. The van der Waals surface area contributed by atoms with Crippen molar-refractivity contribution in [2.45, 2.75) is 19.4 Å². The van der Waals surface area contributed by atoms with Gasteiger partial charge in [-0.25, -0.2) is 0 Å². The van der Waals surface area contributed by atoms with Crippen molar-refractivity contribution in [1.29, 1.82) is 0 Å². The average molecular weight is 224 g/mol. The second kappa shape index (κ2) is 6.92. The standard InChI is InChI=1S/C11H16N2O3/c14-7-2-1-6-12-9-10-4-3-5-11(8-10)13(15)16/h3-5,8,12,14H,1-2,6-7,9H2. The first kappa shape index (κ1) is 12.6. The van der Waals surface area contributed by atoms with E-state index in [1.165, 1.54) is 6.07 Å². The van der Waals surface area contributed by atoms with E-state index in [2.05, 4.69) is 5.32 Å². The zero-order valence-electron chi connectivity index (χ0n) is 9.06. The molecule has 0 amide bonds. The molecule has 1 rings (SSSR count). The van der Waals surface area contributed by atoms with Crippen molar-refractivity contribution >= 4 is 5.69 Å². The van der Waals surface area contributed by atoms with Crippen LogP contribution in [0.5, 0.6) is 0 Å². The van der Waals surface area contributed by atoms with Crippen LogP contribution in [0, 0.1) is 10.1 Å². The lowest BCUT2D eigenvalue weighted by Crippen LogP contribution is -2.15. The Bertz CT molecular complexity index is 342. The molecular formula is C11H16N2O3. The molecular weight excluding hydrogens is 208 g/mol. The van der Waals surface area contributed by atoms with Crippen molar-refractivity contribution in [2.75, 3.05) is 13.2 Å². The first-order chi connectivity index (χ1) is 7.74. The Hall–Kier alpha value is -1.46. The lowest BCUT2D eigenvalue weighted by atomic mass is 10.2. The normalized spacial score (nSPS) is 10.3. The molecule has 0 unspecified atom stereocenters. The third kappa shape index (κ3) is 4.37. The smallest absolute Gasteiger partial charge is 0.269 e. The highest BCUT2D eigenvalue weighted by atomic mass is 16.6. The Labute approximate surface area is 94.3 Å². The summed E-state index contributed by atoms with van der Waals surface area (Å²) in [4.78, 5) is 10.1. The van der Waals surface area contributed by atoms with Crippen LogP contribution in [0.4, 0.5) is 5.69 Å². The number of benzene rings is 1. The van der Waals surface area contributed by atoms with Gasteiger partial charge in [-0.1, -0.05) is 12.1 Å². The van der Waals surface area contributed by atoms with Crippen molar-refractivity contribution in [1.82, 2.24) is 5.32 Å². The predicted molar refractivity (Wildman–Crippen MR) is 61.1 cm³/mol. The molecule has 0 aromatic heterocycles. The van der Waals surface area contributed by atoms with Gasteiger partial charge in [-0.05, 0) is 24.9 Å². The van der Waals surface area contributed by atoms with Crippen LogP contribution in [-0.4, -0.2) is 23.2 Å². The van der Waals surface area contributed by atoms with Gasteiger partial charge in [-0.15, -0.1) is 0 Å². The van der Waals surface area contributed by atoms with Gasteiger partial charge < -0.3 is 10.4 Å². The molecule has 0 atom stereocenters. The van der Waals surface area contributed by atoms with E-state index in [9.17, 15) is 10.1 Å². The molecule has 0 heterocycles. The average Bonchev–Trinajstić information content (AvgIpc) is 2.29. The molecule has 0 aliphatic carbocycles. The number of rotatable bonds is 7. The minimum atomic E-state index is -0.394. The quantitative estimate of drug-likeness (QED) is 0.417. The van der Waals surface area contributed by atoms with Crippen molar-refractivity contribution < 1.29 is 10.0 Å². The largest absolute Gasteiger partial charge is 0.396 e. The molecule has 0 fully saturated rings. The van der Waals surface area contributed by atoms with Gasteiger partial charge in [0.1, 0.15) is 0 Å². The van der Waals surface area contributed by atoms with E-state index in [4.69, 9.17) is 5.11 Å². The molecule has 0 aliphatic rings. The Morgan fingerprint density at radius 2 is 2.19 bits per heavy atom. The maximum atomic E-state index is 10.5. The maximum absolute atomic E-state index is 10.5. The van der Waals surface area contributed by atoms with Crippen LogP contribution >= 0.6 is 0 Å².